The van der Waals surface area contributed by atoms with E-state index in [1.807, 2.05) is 31.2 Å². The molecule has 8 heteroatoms. The second-order valence-electron chi connectivity index (χ2n) is 5.56. The van der Waals surface area contributed by atoms with Gasteiger partial charge in [0.15, 0.2) is 0 Å². The number of nitrogens with zero attached hydrogens (tertiary/aromatic N) is 3. The third kappa shape index (κ3) is 4.14. The van der Waals surface area contributed by atoms with Crippen LogP contribution in [0.3, 0.4) is 0 Å². The maximum absolute atomic E-state index is 12.4. The summed E-state index contributed by atoms with van der Waals surface area (Å²) in [7, 11) is 0. The summed E-state index contributed by atoms with van der Waals surface area (Å²) >= 11 is 3.39. The summed E-state index contributed by atoms with van der Waals surface area (Å²) in [4.78, 5) is 34.3. The number of hydrogen-bond acceptors (Lipinski definition) is 5. The van der Waals surface area contributed by atoms with Crippen molar-refractivity contribution in [1.29, 1.82) is 0 Å². The fourth-order valence-corrected chi connectivity index (χ4v) is 2.99. The number of halogens is 1. The van der Waals surface area contributed by atoms with Gasteiger partial charge in [-0.1, -0.05) is 22.0 Å². The van der Waals surface area contributed by atoms with Crippen molar-refractivity contribution in [1.82, 2.24) is 9.97 Å². The molecule has 2 aromatic rings. The molecule has 0 saturated carbocycles. The SMILES string of the molecule is CCOc1ncc(NC(=O)C2CC(=O)N(c3cccc(Br)c3)C2)cn1. The number of ether oxygens (including phenoxy) is 1. The molecule has 1 aromatic carbocycles. The number of carbonyl (C=O) groups is 2. The van der Waals surface area contributed by atoms with Gasteiger partial charge in [-0.25, -0.2) is 9.97 Å². The van der Waals surface area contributed by atoms with Gasteiger partial charge in [-0.05, 0) is 25.1 Å². The summed E-state index contributed by atoms with van der Waals surface area (Å²) in [6, 6.07) is 7.72. The van der Waals surface area contributed by atoms with Crippen LogP contribution in [0.5, 0.6) is 6.01 Å². The minimum absolute atomic E-state index is 0.0683. The second kappa shape index (κ2) is 7.60. The molecule has 1 atom stereocenters. The Bertz CT molecular complexity index is 782. The Morgan fingerprint density at radius 3 is 2.84 bits per heavy atom. The standard InChI is InChI=1S/C17H17BrN4O3/c1-2-25-17-19-8-13(9-20-17)21-16(24)11-6-15(23)22(10-11)14-5-3-4-12(18)7-14/h3-5,7-9,11H,2,6,10H2,1H3,(H,21,24). The number of hydrogen-bond donors (Lipinski definition) is 1. The molecule has 1 aliphatic heterocycles. The molecule has 1 aliphatic rings. The fourth-order valence-electron chi connectivity index (χ4n) is 2.61. The lowest BCUT2D eigenvalue weighted by atomic mass is 10.1. The van der Waals surface area contributed by atoms with E-state index in [2.05, 4.69) is 31.2 Å². The average molecular weight is 405 g/mol. The second-order valence-corrected chi connectivity index (χ2v) is 6.48. The number of rotatable bonds is 5. The van der Waals surface area contributed by atoms with E-state index in [4.69, 9.17) is 4.74 Å². The van der Waals surface area contributed by atoms with Crippen molar-refractivity contribution in [2.24, 2.45) is 5.92 Å². The van der Waals surface area contributed by atoms with Crippen LogP contribution in [0.4, 0.5) is 11.4 Å². The molecule has 0 radical (unpaired) electrons. The van der Waals surface area contributed by atoms with E-state index in [9.17, 15) is 9.59 Å². The van der Waals surface area contributed by atoms with Crippen molar-refractivity contribution in [3.63, 3.8) is 0 Å². The van der Waals surface area contributed by atoms with E-state index in [0.29, 0.717) is 18.8 Å². The summed E-state index contributed by atoms with van der Waals surface area (Å²) in [6.45, 7) is 2.66. The van der Waals surface area contributed by atoms with Crippen molar-refractivity contribution >= 4 is 39.1 Å². The van der Waals surface area contributed by atoms with E-state index >= 15 is 0 Å². The third-order valence-corrected chi connectivity index (χ3v) is 4.28. The molecule has 7 nitrogen and oxygen atoms in total. The molecular weight excluding hydrogens is 388 g/mol. The number of aromatic nitrogens is 2. The van der Waals surface area contributed by atoms with Crippen molar-refractivity contribution in [2.75, 3.05) is 23.4 Å². The van der Waals surface area contributed by atoms with Gasteiger partial charge >= 0.3 is 6.01 Å². The van der Waals surface area contributed by atoms with Crippen LogP contribution < -0.4 is 15.0 Å². The summed E-state index contributed by atoms with van der Waals surface area (Å²) in [6.07, 6.45) is 3.15. The molecule has 1 saturated heterocycles. The number of benzene rings is 1. The van der Waals surface area contributed by atoms with E-state index in [1.54, 1.807) is 4.90 Å². The summed E-state index contributed by atoms with van der Waals surface area (Å²) in [5.74, 6) is -0.710. The zero-order chi connectivity index (χ0) is 17.8. The fraction of sp³-hybridized carbons (Fsp3) is 0.294. The molecule has 1 aromatic heterocycles. The lowest BCUT2D eigenvalue weighted by molar-refractivity contribution is -0.122. The number of nitrogens with one attached hydrogen (secondary N) is 1. The monoisotopic (exact) mass is 404 g/mol. The Labute approximate surface area is 153 Å². The molecule has 2 heterocycles. The van der Waals surface area contributed by atoms with Gasteiger partial charge in [0.1, 0.15) is 0 Å². The zero-order valence-electron chi connectivity index (χ0n) is 13.6. The summed E-state index contributed by atoms with van der Waals surface area (Å²) < 4.78 is 6.05. The lowest BCUT2D eigenvalue weighted by Crippen LogP contribution is -2.28. The van der Waals surface area contributed by atoms with Gasteiger partial charge < -0.3 is 15.0 Å². The Morgan fingerprint density at radius 2 is 2.16 bits per heavy atom. The van der Waals surface area contributed by atoms with Crippen molar-refractivity contribution in [3.05, 3.63) is 41.1 Å². The van der Waals surface area contributed by atoms with Crippen LogP contribution in [0, 0.1) is 5.92 Å². The highest BCUT2D eigenvalue weighted by atomic mass is 79.9. The molecule has 0 aliphatic carbocycles. The topological polar surface area (TPSA) is 84.4 Å². The summed E-state index contributed by atoms with van der Waals surface area (Å²) in [5, 5.41) is 2.75. The first kappa shape index (κ1) is 17.3. The van der Waals surface area contributed by atoms with E-state index in [1.165, 1.54) is 12.4 Å². The molecule has 25 heavy (non-hydrogen) atoms. The van der Waals surface area contributed by atoms with Crippen molar-refractivity contribution < 1.29 is 14.3 Å². The minimum atomic E-state index is -0.418. The van der Waals surface area contributed by atoms with Crippen LogP contribution in [0.15, 0.2) is 41.1 Å². The van der Waals surface area contributed by atoms with Crippen LogP contribution in [0.25, 0.3) is 0 Å². The number of amides is 2. The first-order valence-corrected chi connectivity index (χ1v) is 8.67. The molecule has 1 unspecified atom stereocenters. The molecule has 3 rings (SSSR count). The smallest absolute Gasteiger partial charge is 0.316 e. The molecule has 130 valence electrons. The Kier molecular flexibility index (Phi) is 5.28. The Hall–Kier alpha value is -2.48. The van der Waals surface area contributed by atoms with E-state index in [0.717, 1.165) is 10.2 Å². The third-order valence-electron chi connectivity index (χ3n) is 3.78. The van der Waals surface area contributed by atoms with Gasteiger partial charge in [0.2, 0.25) is 11.8 Å². The number of anilines is 2. The van der Waals surface area contributed by atoms with Gasteiger partial charge in [-0.15, -0.1) is 0 Å². The molecule has 0 bridgehead atoms. The molecule has 0 spiro atoms. The highest BCUT2D eigenvalue weighted by Crippen LogP contribution is 2.28. The highest BCUT2D eigenvalue weighted by molar-refractivity contribution is 9.10. The van der Waals surface area contributed by atoms with Crippen LogP contribution in [0.2, 0.25) is 0 Å². The minimum Gasteiger partial charge on any atom is -0.464 e. The quantitative estimate of drug-likeness (QED) is 0.827. The molecule has 1 fully saturated rings. The van der Waals surface area contributed by atoms with Gasteiger partial charge in [0.25, 0.3) is 0 Å². The van der Waals surface area contributed by atoms with Gasteiger partial charge in [0, 0.05) is 23.1 Å². The first-order valence-electron chi connectivity index (χ1n) is 7.88. The van der Waals surface area contributed by atoms with Gasteiger partial charge in [-0.3, -0.25) is 9.59 Å². The maximum Gasteiger partial charge on any atom is 0.316 e. The van der Waals surface area contributed by atoms with Crippen molar-refractivity contribution in [2.45, 2.75) is 13.3 Å². The summed E-state index contributed by atoms with van der Waals surface area (Å²) in [5.41, 5.74) is 1.25. The van der Waals surface area contributed by atoms with Crippen LogP contribution in [0.1, 0.15) is 13.3 Å². The van der Waals surface area contributed by atoms with E-state index in [-0.39, 0.29) is 24.2 Å². The first-order chi connectivity index (χ1) is 12.1. The highest BCUT2D eigenvalue weighted by Gasteiger charge is 2.35. The zero-order valence-corrected chi connectivity index (χ0v) is 15.2. The largest absolute Gasteiger partial charge is 0.464 e. The predicted octanol–water partition coefficient (Wildman–Crippen LogP) is 2.63. The Balaban J connectivity index is 1.64. The normalized spacial score (nSPS) is 16.8. The predicted molar refractivity (Wildman–Crippen MR) is 96.4 cm³/mol. The maximum atomic E-state index is 12.4. The van der Waals surface area contributed by atoms with Crippen LogP contribution in [-0.4, -0.2) is 34.9 Å². The van der Waals surface area contributed by atoms with E-state index < -0.39 is 5.92 Å². The molecular formula is C17H17BrN4O3. The average Bonchev–Trinajstić information content (AvgIpc) is 2.99. The Morgan fingerprint density at radius 1 is 1.40 bits per heavy atom. The lowest BCUT2D eigenvalue weighted by Gasteiger charge is -2.17. The van der Waals surface area contributed by atoms with Crippen molar-refractivity contribution in [3.8, 4) is 6.01 Å². The van der Waals surface area contributed by atoms with Gasteiger partial charge in [0.05, 0.1) is 30.6 Å². The molecule has 1 N–H and O–H groups in total. The van der Waals surface area contributed by atoms with Crippen LogP contribution in [-0.2, 0) is 9.59 Å². The molecule has 2 amide bonds. The number of carbonyl (C=O) groups excluding carboxylic acids is 2. The van der Waals surface area contributed by atoms with Gasteiger partial charge in [-0.2, -0.15) is 0 Å². The van der Waals surface area contributed by atoms with Crippen LogP contribution >= 0.6 is 15.9 Å².